The van der Waals surface area contributed by atoms with E-state index in [1.165, 1.54) is 12.1 Å². The molecule has 36 heavy (non-hydrogen) atoms. The minimum absolute atomic E-state index is 0.0591. The van der Waals surface area contributed by atoms with Gasteiger partial charge in [-0.05, 0) is 72.9 Å². The van der Waals surface area contributed by atoms with Gasteiger partial charge >= 0.3 is 0 Å². The summed E-state index contributed by atoms with van der Waals surface area (Å²) >= 11 is 0. The summed E-state index contributed by atoms with van der Waals surface area (Å²) in [7, 11) is 0. The van der Waals surface area contributed by atoms with Crippen LogP contribution in [-0.4, -0.2) is 17.4 Å². The molecule has 0 spiro atoms. The molecule has 1 atom stereocenters. The molecule has 0 radical (unpaired) electrons. The average molecular weight is 486 g/mol. The molecule has 3 aromatic carbocycles. The van der Waals surface area contributed by atoms with Crippen molar-refractivity contribution in [1.82, 2.24) is 4.90 Å². The van der Waals surface area contributed by atoms with Crippen LogP contribution in [0.5, 0.6) is 5.75 Å². The van der Waals surface area contributed by atoms with Crippen molar-refractivity contribution in [3.05, 3.63) is 110 Å². The molecule has 1 aliphatic heterocycles. The molecule has 6 heteroatoms. The lowest BCUT2D eigenvalue weighted by atomic mass is 9.97. The highest BCUT2D eigenvalue weighted by atomic mass is 19.1. The van der Waals surface area contributed by atoms with Gasteiger partial charge in [-0.15, -0.1) is 0 Å². The lowest BCUT2D eigenvalue weighted by Gasteiger charge is -2.25. The van der Waals surface area contributed by atoms with Gasteiger partial charge in [0.25, 0.3) is 5.91 Å². The molecule has 5 rings (SSSR count). The molecule has 1 amide bonds. The molecule has 1 unspecified atom stereocenters. The first-order chi connectivity index (χ1) is 17.4. The Balaban J connectivity index is 1.67. The maximum Gasteiger partial charge on any atom is 0.291 e. The molecule has 0 bridgehead atoms. The third kappa shape index (κ3) is 4.28. The Morgan fingerprint density at radius 1 is 1.03 bits per heavy atom. The Bertz CT molecular complexity index is 1510. The zero-order valence-corrected chi connectivity index (χ0v) is 20.6. The maximum atomic E-state index is 13.9. The van der Waals surface area contributed by atoms with Crippen LogP contribution >= 0.6 is 0 Å². The standard InChI is InChI=1S/C30H28FNO4/c1-4-5-13-35-23-8-6-7-21(16-23)26-25-27(33)24-15-18(2)14-19(3)28(24)36-29(25)30(34)32(26)17-20-9-11-22(31)12-10-20/h6-12,14-16,26H,4-5,13,17H2,1-3H3. The number of aryl methyl sites for hydroxylation is 2. The van der Waals surface area contributed by atoms with E-state index < -0.39 is 6.04 Å². The van der Waals surface area contributed by atoms with Crippen molar-refractivity contribution in [3.8, 4) is 5.75 Å². The summed E-state index contributed by atoms with van der Waals surface area (Å²) in [6.07, 6.45) is 1.95. The molecule has 1 aliphatic rings. The van der Waals surface area contributed by atoms with Gasteiger partial charge in [-0.25, -0.2) is 4.39 Å². The number of benzene rings is 3. The highest BCUT2D eigenvalue weighted by Crippen LogP contribution is 2.40. The number of amides is 1. The van der Waals surface area contributed by atoms with Crippen LogP contribution < -0.4 is 10.2 Å². The number of halogens is 1. The molecule has 4 aromatic rings. The van der Waals surface area contributed by atoms with Gasteiger partial charge in [0.2, 0.25) is 5.76 Å². The lowest BCUT2D eigenvalue weighted by Crippen LogP contribution is -2.29. The predicted molar refractivity (Wildman–Crippen MR) is 137 cm³/mol. The average Bonchev–Trinajstić information content (AvgIpc) is 3.13. The van der Waals surface area contributed by atoms with Crippen LogP contribution in [0.2, 0.25) is 0 Å². The van der Waals surface area contributed by atoms with Crippen molar-refractivity contribution in [2.45, 2.75) is 46.2 Å². The second-order valence-corrected chi connectivity index (χ2v) is 9.37. The van der Waals surface area contributed by atoms with E-state index in [-0.39, 0.29) is 29.5 Å². The second-order valence-electron chi connectivity index (χ2n) is 9.37. The summed E-state index contributed by atoms with van der Waals surface area (Å²) in [6.45, 7) is 6.68. The molecule has 5 nitrogen and oxygen atoms in total. The van der Waals surface area contributed by atoms with E-state index in [1.54, 1.807) is 17.0 Å². The number of fused-ring (bicyclic) bond motifs is 2. The van der Waals surface area contributed by atoms with Crippen LogP contribution in [0.25, 0.3) is 11.0 Å². The van der Waals surface area contributed by atoms with Crippen molar-refractivity contribution in [3.63, 3.8) is 0 Å². The van der Waals surface area contributed by atoms with Gasteiger partial charge in [0.15, 0.2) is 5.43 Å². The van der Waals surface area contributed by atoms with Gasteiger partial charge in [0.05, 0.1) is 23.6 Å². The van der Waals surface area contributed by atoms with Crippen molar-refractivity contribution in [2.24, 2.45) is 0 Å². The molecule has 1 aromatic heterocycles. The highest BCUT2D eigenvalue weighted by molar-refractivity contribution is 5.99. The van der Waals surface area contributed by atoms with E-state index >= 15 is 0 Å². The molecule has 184 valence electrons. The molecular weight excluding hydrogens is 457 g/mol. The van der Waals surface area contributed by atoms with Gasteiger partial charge in [-0.2, -0.15) is 0 Å². The SMILES string of the molecule is CCCCOc1cccc(C2c3c(oc4c(C)cc(C)cc4c3=O)C(=O)N2Cc2ccc(F)cc2)c1. The number of nitrogens with zero attached hydrogens (tertiary/aromatic N) is 1. The van der Waals surface area contributed by atoms with Crippen molar-refractivity contribution < 1.29 is 18.3 Å². The maximum absolute atomic E-state index is 13.9. The number of carbonyl (C=O) groups excluding carboxylic acids is 1. The molecular formula is C30H28FNO4. The quantitative estimate of drug-likeness (QED) is 0.281. The zero-order valence-electron chi connectivity index (χ0n) is 20.6. The number of rotatable bonds is 7. The van der Waals surface area contributed by atoms with Crippen LogP contribution in [0.1, 0.15) is 64.2 Å². The van der Waals surface area contributed by atoms with Gasteiger partial charge in [0, 0.05) is 6.54 Å². The normalized spacial score (nSPS) is 14.9. The molecule has 2 heterocycles. The Hall–Kier alpha value is -3.93. The molecule has 0 N–H and O–H groups in total. The van der Waals surface area contributed by atoms with Crippen LogP contribution in [-0.2, 0) is 6.54 Å². The molecule has 0 aliphatic carbocycles. The number of unbranched alkanes of at least 4 members (excludes halogenated alkanes) is 1. The number of hydrogen-bond donors (Lipinski definition) is 0. The number of ether oxygens (including phenoxy) is 1. The van der Waals surface area contributed by atoms with E-state index in [9.17, 15) is 14.0 Å². The van der Waals surface area contributed by atoms with Crippen LogP contribution in [0, 0.1) is 19.7 Å². The minimum Gasteiger partial charge on any atom is -0.494 e. The minimum atomic E-state index is -0.659. The first kappa shape index (κ1) is 23.8. The van der Waals surface area contributed by atoms with Crippen LogP contribution in [0.15, 0.2) is 69.9 Å². The Morgan fingerprint density at radius 3 is 2.56 bits per heavy atom. The Labute approximate surface area is 209 Å². The van der Waals surface area contributed by atoms with Gasteiger partial charge in [-0.1, -0.05) is 43.7 Å². The van der Waals surface area contributed by atoms with E-state index in [1.807, 2.05) is 50.2 Å². The van der Waals surface area contributed by atoms with Crippen molar-refractivity contribution in [1.29, 1.82) is 0 Å². The highest BCUT2D eigenvalue weighted by Gasteiger charge is 2.43. The third-order valence-corrected chi connectivity index (χ3v) is 6.60. The predicted octanol–water partition coefficient (Wildman–Crippen LogP) is 6.47. The second kappa shape index (κ2) is 9.61. The summed E-state index contributed by atoms with van der Waals surface area (Å²) in [4.78, 5) is 29.2. The smallest absolute Gasteiger partial charge is 0.291 e. The Morgan fingerprint density at radius 2 is 1.81 bits per heavy atom. The van der Waals surface area contributed by atoms with E-state index in [0.717, 1.165) is 35.1 Å². The summed E-state index contributed by atoms with van der Waals surface area (Å²) in [5.74, 6) is 0.0251. The topological polar surface area (TPSA) is 59.8 Å². The monoisotopic (exact) mass is 485 g/mol. The summed E-state index contributed by atoms with van der Waals surface area (Å²) in [5, 5.41) is 0.461. The fourth-order valence-electron chi connectivity index (χ4n) is 4.88. The van der Waals surface area contributed by atoms with Gasteiger partial charge in [-0.3, -0.25) is 9.59 Å². The number of hydrogen-bond acceptors (Lipinski definition) is 4. The summed E-state index contributed by atoms with van der Waals surface area (Å²) in [6, 6.07) is 16.6. The van der Waals surface area contributed by atoms with Gasteiger partial charge in [0.1, 0.15) is 17.1 Å². The summed E-state index contributed by atoms with van der Waals surface area (Å²) in [5.41, 5.74) is 3.80. The largest absolute Gasteiger partial charge is 0.494 e. The van der Waals surface area contributed by atoms with E-state index in [4.69, 9.17) is 9.15 Å². The zero-order chi connectivity index (χ0) is 25.4. The van der Waals surface area contributed by atoms with Crippen molar-refractivity contribution >= 4 is 16.9 Å². The molecule has 0 saturated heterocycles. The number of carbonyl (C=O) groups is 1. The summed E-state index contributed by atoms with van der Waals surface area (Å²) < 4.78 is 25.6. The van der Waals surface area contributed by atoms with Crippen LogP contribution in [0.3, 0.4) is 0 Å². The first-order valence-electron chi connectivity index (χ1n) is 12.2. The fraction of sp³-hybridized carbons (Fsp3) is 0.267. The molecule has 0 fully saturated rings. The Kier molecular flexibility index (Phi) is 6.35. The van der Waals surface area contributed by atoms with Crippen molar-refractivity contribution in [2.75, 3.05) is 6.61 Å². The lowest BCUT2D eigenvalue weighted by molar-refractivity contribution is 0.0714. The first-order valence-corrected chi connectivity index (χ1v) is 12.2. The van der Waals surface area contributed by atoms with E-state index in [0.29, 0.717) is 28.9 Å². The third-order valence-electron chi connectivity index (χ3n) is 6.60. The van der Waals surface area contributed by atoms with E-state index in [2.05, 4.69) is 6.92 Å². The van der Waals surface area contributed by atoms with Gasteiger partial charge < -0.3 is 14.1 Å². The fourth-order valence-corrected chi connectivity index (χ4v) is 4.88. The van der Waals surface area contributed by atoms with Crippen LogP contribution in [0.4, 0.5) is 4.39 Å². The molecule has 0 saturated carbocycles.